The number of hydrogen-bond donors (Lipinski definition) is 2. The first kappa shape index (κ1) is 17.5. The van der Waals surface area contributed by atoms with Gasteiger partial charge in [-0.25, -0.2) is 0 Å². The molecule has 1 aliphatic heterocycles. The van der Waals surface area contributed by atoms with Crippen LogP contribution in [0.2, 0.25) is 5.02 Å². The molecule has 23 heavy (non-hydrogen) atoms. The molecule has 1 aliphatic rings. The predicted molar refractivity (Wildman–Crippen MR) is 94.2 cm³/mol. The summed E-state index contributed by atoms with van der Waals surface area (Å²) in [6, 6.07) is 6.74. The number of aliphatic imine (C=N–C) groups is 1. The van der Waals surface area contributed by atoms with Crippen LogP contribution in [0.25, 0.3) is 0 Å². The predicted octanol–water partition coefficient (Wildman–Crippen LogP) is -0.0808. The normalized spacial score (nSPS) is 18.9. The lowest BCUT2D eigenvalue weighted by atomic mass is 10.1. The third kappa shape index (κ3) is 4.34. The summed E-state index contributed by atoms with van der Waals surface area (Å²) in [4.78, 5) is 31.3. The summed E-state index contributed by atoms with van der Waals surface area (Å²) in [7, 11) is 4.01. The Morgan fingerprint density at radius 2 is 2.17 bits per heavy atom. The van der Waals surface area contributed by atoms with Gasteiger partial charge in [0.15, 0.2) is 11.0 Å². The van der Waals surface area contributed by atoms with Gasteiger partial charge < -0.3 is 10.2 Å². The van der Waals surface area contributed by atoms with E-state index < -0.39 is 17.7 Å². The largest absolute Gasteiger partial charge is 0.338 e. The number of rotatable bonds is 5. The highest BCUT2D eigenvalue weighted by Gasteiger charge is 2.38. The van der Waals surface area contributed by atoms with Crippen molar-refractivity contribution in [2.45, 2.75) is 0 Å². The molecule has 0 radical (unpaired) electrons. The third-order valence-electron chi connectivity index (χ3n) is 3.26. The number of anilines is 1. The zero-order valence-electron chi connectivity index (χ0n) is 12.9. The fraction of sp³-hybridized carbons (Fsp3) is 0.333. The zero-order valence-corrected chi connectivity index (χ0v) is 14.4. The van der Waals surface area contributed by atoms with Crippen LogP contribution in [0.1, 0.15) is 0 Å². The van der Waals surface area contributed by atoms with Crippen LogP contribution in [0.15, 0.2) is 29.3 Å². The summed E-state index contributed by atoms with van der Waals surface area (Å²) >= 11 is 11.1. The van der Waals surface area contributed by atoms with Gasteiger partial charge in [0.25, 0.3) is 5.91 Å². The molecule has 2 amide bonds. The number of benzene rings is 1. The lowest BCUT2D eigenvalue weighted by Crippen LogP contribution is -3.06. The molecule has 1 unspecified atom stereocenters. The Hall–Kier alpha value is -1.83. The van der Waals surface area contributed by atoms with Crippen molar-refractivity contribution in [1.29, 1.82) is 0 Å². The van der Waals surface area contributed by atoms with Gasteiger partial charge in [-0.3, -0.25) is 19.5 Å². The summed E-state index contributed by atoms with van der Waals surface area (Å²) in [5, 5.41) is 3.06. The molecule has 0 aliphatic carbocycles. The van der Waals surface area contributed by atoms with Gasteiger partial charge in [0.1, 0.15) is 0 Å². The number of carbonyl (C=O) groups is 2. The molecule has 1 atom stereocenters. The second-order valence-corrected chi connectivity index (χ2v) is 6.26. The molecule has 1 aromatic carbocycles. The molecule has 1 heterocycles. The van der Waals surface area contributed by atoms with Crippen molar-refractivity contribution in [3.63, 3.8) is 0 Å². The number of hydrogen-bond acceptors (Lipinski definition) is 4. The van der Waals surface area contributed by atoms with Crippen molar-refractivity contribution in [3.8, 4) is 0 Å². The minimum absolute atomic E-state index is 0.0460. The number of thiocarbonyl (C=S) groups is 1. The van der Waals surface area contributed by atoms with Gasteiger partial charge in [-0.1, -0.05) is 17.7 Å². The van der Waals surface area contributed by atoms with Crippen LogP contribution in [0.4, 0.5) is 5.69 Å². The first-order chi connectivity index (χ1) is 10.9. The molecule has 122 valence electrons. The molecule has 0 aromatic heterocycles. The summed E-state index contributed by atoms with van der Waals surface area (Å²) < 4.78 is 0. The van der Waals surface area contributed by atoms with E-state index in [1.54, 1.807) is 24.3 Å². The number of likely N-dealkylation sites (N-methyl/N-ethyl adjacent to an activating group) is 1. The maximum absolute atomic E-state index is 12.6. The van der Waals surface area contributed by atoms with Crippen LogP contribution in [0, 0.1) is 5.92 Å². The lowest BCUT2D eigenvalue weighted by molar-refractivity contribution is -0.856. The SMILES string of the molecule is C[NH+](C)CCN=CC1C(=O)NC(=S)N(c2cccc(Cl)c2)C1=O. The summed E-state index contributed by atoms with van der Waals surface area (Å²) in [5.41, 5.74) is 0.517. The monoisotopic (exact) mass is 353 g/mol. The molecule has 0 bridgehead atoms. The standard InChI is InChI=1S/C15H17ClN4O2S/c1-19(2)7-6-17-9-12-13(21)18-15(23)20(14(12)22)11-5-3-4-10(16)8-11/h3-5,8-9,12H,6-7H2,1-2H3,(H,18,21,23)/p+1. The summed E-state index contributed by atoms with van der Waals surface area (Å²) in [6.45, 7) is 1.36. The van der Waals surface area contributed by atoms with Gasteiger partial charge in [0, 0.05) is 11.2 Å². The summed E-state index contributed by atoms with van der Waals surface area (Å²) in [5.74, 6) is -1.88. The molecule has 0 saturated carbocycles. The average molecular weight is 354 g/mol. The molecule has 2 rings (SSSR count). The van der Waals surface area contributed by atoms with Gasteiger partial charge in [0.05, 0.1) is 32.9 Å². The van der Waals surface area contributed by atoms with Crippen LogP contribution in [-0.2, 0) is 9.59 Å². The Morgan fingerprint density at radius 1 is 1.43 bits per heavy atom. The molecule has 6 nitrogen and oxygen atoms in total. The second-order valence-electron chi connectivity index (χ2n) is 5.44. The van der Waals surface area contributed by atoms with E-state index in [1.165, 1.54) is 16.0 Å². The molecular weight excluding hydrogens is 336 g/mol. The van der Waals surface area contributed by atoms with Crippen molar-refractivity contribution < 1.29 is 14.5 Å². The van der Waals surface area contributed by atoms with E-state index in [9.17, 15) is 9.59 Å². The van der Waals surface area contributed by atoms with E-state index in [4.69, 9.17) is 23.8 Å². The van der Waals surface area contributed by atoms with Crippen molar-refractivity contribution in [2.24, 2.45) is 10.9 Å². The van der Waals surface area contributed by atoms with Gasteiger partial charge in [-0.2, -0.15) is 0 Å². The maximum Gasteiger partial charge on any atom is 0.251 e. The number of nitrogens with one attached hydrogen (secondary N) is 2. The first-order valence-electron chi connectivity index (χ1n) is 7.13. The van der Waals surface area contributed by atoms with Crippen molar-refractivity contribution >= 4 is 52.6 Å². The highest BCUT2D eigenvalue weighted by Crippen LogP contribution is 2.23. The van der Waals surface area contributed by atoms with Crippen LogP contribution in [0.3, 0.4) is 0 Å². The smallest absolute Gasteiger partial charge is 0.251 e. The highest BCUT2D eigenvalue weighted by molar-refractivity contribution is 7.80. The number of nitrogens with zero attached hydrogens (tertiary/aromatic N) is 2. The van der Waals surface area contributed by atoms with E-state index in [0.29, 0.717) is 17.3 Å². The Morgan fingerprint density at radius 3 is 2.83 bits per heavy atom. The van der Waals surface area contributed by atoms with Crippen molar-refractivity contribution in [1.82, 2.24) is 5.32 Å². The van der Waals surface area contributed by atoms with E-state index >= 15 is 0 Å². The Labute approximate surface area is 145 Å². The zero-order chi connectivity index (χ0) is 17.0. The van der Waals surface area contributed by atoms with Gasteiger partial charge in [-0.15, -0.1) is 0 Å². The van der Waals surface area contributed by atoms with Gasteiger partial charge >= 0.3 is 0 Å². The Bertz CT molecular complexity index is 663. The topological polar surface area (TPSA) is 66.2 Å². The number of halogens is 1. The van der Waals surface area contributed by atoms with E-state index in [-0.39, 0.29) is 5.11 Å². The molecule has 1 saturated heterocycles. The van der Waals surface area contributed by atoms with Gasteiger partial charge in [0.2, 0.25) is 5.91 Å². The number of amides is 2. The van der Waals surface area contributed by atoms with Crippen molar-refractivity contribution in [3.05, 3.63) is 29.3 Å². The Balaban J connectivity index is 2.20. The summed E-state index contributed by atoms with van der Waals surface area (Å²) in [6.07, 6.45) is 1.39. The van der Waals surface area contributed by atoms with Gasteiger partial charge in [-0.05, 0) is 30.4 Å². The molecule has 1 aromatic rings. The highest BCUT2D eigenvalue weighted by atomic mass is 35.5. The fourth-order valence-electron chi connectivity index (χ4n) is 2.05. The maximum atomic E-state index is 12.6. The minimum atomic E-state index is -0.988. The molecule has 0 spiro atoms. The number of quaternary nitrogens is 1. The quantitative estimate of drug-likeness (QED) is 0.442. The molecule has 2 N–H and O–H groups in total. The molecule has 8 heteroatoms. The van der Waals surface area contributed by atoms with E-state index in [0.717, 1.165) is 6.54 Å². The fourth-order valence-corrected chi connectivity index (χ4v) is 2.53. The second kappa shape index (κ2) is 7.63. The third-order valence-corrected chi connectivity index (χ3v) is 3.78. The molecule has 1 fully saturated rings. The van der Waals surface area contributed by atoms with E-state index in [2.05, 4.69) is 10.3 Å². The number of carbonyl (C=O) groups excluding carboxylic acids is 2. The van der Waals surface area contributed by atoms with Crippen LogP contribution < -0.4 is 15.1 Å². The van der Waals surface area contributed by atoms with E-state index in [1.807, 2.05) is 14.1 Å². The Kier molecular flexibility index (Phi) is 5.81. The van der Waals surface area contributed by atoms with Crippen molar-refractivity contribution in [2.75, 3.05) is 32.1 Å². The average Bonchev–Trinajstić information content (AvgIpc) is 2.45. The lowest BCUT2D eigenvalue weighted by Gasteiger charge is -2.31. The van der Waals surface area contributed by atoms with Crippen LogP contribution >= 0.6 is 23.8 Å². The molecular formula is C15H18ClN4O2S+. The van der Waals surface area contributed by atoms with Crippen LogP contribution in [-0.4, -0.2) is 50.3 Å². The first-order valence-corrected chi connectivity index (χ1v) is 7.92. The van der Waals surface area contributed by atoms with Crippen LogP contribution in [0.5, 0.6) is 0 Å². The minimum Gasteiger partial charge on any atom is -0.338 e.